The number of rotatable bonds is 9. The molecule has 3 aliphatic rings. The van der Waals surface area contributed by atoms with E-state index >= 15 is 0 Å². The number of carbonyl (C=O) groups excluding carboxylic acids is 1. The molecule has 39 heavy (non-hydrogen) atoms. The summed E-state index contributed by atoms with van der Waals surface area (Å²) in [5, 5.41) is 31.4. The van der Waals surface area contributed by atoms with Crippen molar-refractivity contribution in [1.29, 1.82) is 0 Å². The first kappa shape index (κ1) is 29.7. The fourth-order valence-corrected chi connectivity index (χ4v) is 7.15. The highest BCUT2D eigenvalue weighted by Crippen LogP contribution is 2.64. The van der Waals surface area contributed by atoms with Gasteiger partial charge >= 0.3 is 5.97 Å². The first-order chi connectivity index (χ1) is 18.4. The number of benzene rings is 1. The van der Waals surface area contributed by atoms with Crippen molar-refractivity contribution in [1.82, 2.24) is 0 Å². The molecule has 1 aliphatic heterocycles. The van der Waals surface area contributed by atoms with Gasteiger partial charge in [-0.15, -0.1) is 0 Å². The molecule has 3 N–H and O–H groups in total. The number of hydrogen-bond donors (Lipinski definition) is 3. The largest absolute Gasteiger partial charge is 0.459 e. The third-order valence-corrected chi connectivity index (χ3v) is 9.55. The highest BCUT2D eigenvalue weighted by molar-refractivity contribution is 5.72. The van der Waals surface area contributed by atoms with Crippen LogP contribution in [0, 0.1) is 29.6 Å². The lowest BCUT2D eigenvalue weighted by molar-refractivity contribution is -0.180. The minimum atomic E-state index is -1.14. The Morgan fingerprint density at radius 2 is 1.90 bits per heavy atom. The number of carbonyl (C=O) groups is 1. The standard InChI is InChI=1S/C33H46O6/c1-7-20(2)29-24(15-11-12-21(3)30(36)22(4)19-34)25-17-27(38-28(35)16-23-13-9-8-10-14-23)32(5,37)18-26(25)31-33(29,6)39-31/h7-15,22,24-27,29-31,34,36-37H,16-19H2,1-6H3. The molecule has 0 spiro atoms. The minimum Gasteiger partial charge on any atom is -0.459 e. The summed E-state index contributed by atoms with van der Waals surface area (Å²) in [6.07, 6.45) is 8.28. The molecular weight excluding hydrogens is 492 g/mol. The molecule has 3 fully saturated rings. The normalized spacial score (nSPS) is 38.1. The van der Waals surface area contributed by atoms with E-state index in [-0.39, 0.29) is 60.3 Å². The van der Waals surface area contributed by atoms with Crippen LogP contribution in [-0.4, -0.2) is 57.4 Å². The highest BCUT2D eigenvalue weighted by Gasteiger charge is 2.70. The van der Waals surface area contributed by atoms with Gasteiger partial charge in [-0.1, -0.05) is 67.1 Å². The molecule has 1 aromatic carbocycles. The van der Waals surface area contributed by atoms with Crippen LogP contribution in [0.3, 0.4) is 0 Å². The molecule has 0 bridgehead atoms. The number of fused-ring (bicyclic) bond motifs is 3. The van der Waals surface area contributed by atoms with E-state index in [4.69, 9.17) is 9.47 Å². The Kier molecular flexibility index (Phi) is 8.92. The number of allylic oxidation sites excluding steroid dienone is 4. The summed E-state index contributed by atoms with van der Waals surface area (Å²) in [7, 11) is 0. The van der Waals surface area contributed by atoms with Crippen molar-refractivity contribution < 1.29 is 29.6 Å². The van der Waals surface area contributed by atoms with Gasteiger partial charge in [-0.05, 0) is 76.4 Å². The van der Waals surface area contributed by atoms with E-state index in [2.05, 4.69) is 32.9 Å². The van der Waals surface area contributed by atoms with Crippen molar-refractivity contribution in [2.24, 2.45) is 29.6 Å². The fraction of sp³-hybridized carbons (Fsp3) is 0.606. The second-order valence-corrected chi connectivity index (χ2v) is 12.5. The molecule has 10 atom stereocenters. The smallest absolute Gasteiger partial charge is 0.310 e. The van der Waals surface area contributed by atoms with Gasteiger partial charge in [-0.2, -0.15) is 0 Å². The third-order valence-electron chi connectivity index (χ3n) is 9.55. The van der Waals surface area contributed by atoms with Gasteiger partial charge in [0.25, 0.3) is 0 Å². The van der Waals surface area contributed by atoms with Crippen LogP contribution in [0.5, 0.6) is 0 Å². The number of ether oxygens (including phenoxy) is 2. The lowest BCUT2D eigenvalue weighted by atomic mass is 9.54. The molecule has 4 rings (SSSR count). The zero-order valence-electron chi connectivity index (χ0n) is 24.2. The number of aliphatic hydroxyl groups excluding tert-OH is 2. The van der Waals surface area contributed by atoms with Crippen LogP contribution in [-0.2, 0) is 20.7 Å². The topological polar surface area (TPSA) is 99.5 Å². The summed E-state index contributed by atoms with van der Waals surface area (Å²) >= 11 is 0. The Bertz CT molecular complexity index is 1100. The van der Waals surface area contributed by atoms with Crippen molar-refractivity contribution in [2.75, 3.05) is 6.61 Å². The lowest BCUT2D eigenvalue weighted by Gasteiger charge is -2.51. The molecular formula is C33H46O6. The number of hydrogen-bond acceptors (Lipinski definition) is 6. The monoisotopic (exact) mass is 538 g/mol. The van der Waals surface area contributed by atoms with Crippen molar-refractivity contribution >= 4 is 5.97 Å². The van der Waals surface area contributed by atoms with Gasteiger partial charge in [0.1, 0.15) is 6.10 Å². The maximum atomic E-state index is 12.9. The van der Waals surface area contributed by atoms with E-state index in [0.29, 0.717) is 12.8 Å². The van der Waals surface area contributed by atoms with E-state index in [0.717, 1.165) is 11.1 Å². The van der Waals surface area contributed by atoms with Crippen LogP contribution in [0.15, 0.2) is 65.8 Å². The van der Waals surface area contributed by atoms with Gasteiger partial charge in [0.15, 0.2) is 0 Å². The van der Waals surface area contributed by atoms with Gasteiger partial charge in [-0.25, -0.2) is 0 Å². The predicted octanol–water partition coefficient (Wildman–Crippen LogP) is 4.78. The molecule has 1 heterocycles. The molecule has 1 saturated heterocycles. The predicted molar refractivity (Wildman–Crippen MR) is 152 cm³/mol. The molecule has 214 valence electrons. The second-order valence-electron chi connectivity index (χ2n) is 12.5. The molecule has 6 heteroatoms. The van der Waals surface area contributed by atoms with Crippen LogP contribution >= 0.6 is 0 Å². The first-order valence-electron chi connectivity index (χ1n) is 14.3. The molecule has 0 aromatic heterocycles. The molecule has 2 saturated carbocycles. The van der Waals surface area contributed by atoms with Crippen molar-refractivity contribution in [2.45, 2.75) is 90.3 Å². The molecule has 0 amide bonds. The Morgan fingerprint density at radius 3 is 2.54 bits per heavy atom. The summed E-state index contributed by atoms with van der Waals surface area (Å²) in [6, 6.07) is 9.53. The van der Waals surface area contributed by atoms with Gasteiger partial charge < -0.3 is 24.8 Å². The maximum absolute atomic E-state index is 12.9. The lowest BCUT2D eigenvalue weighted by Crippen LogP contribution is -2.57. The Labute approximate surface area is 233 Å². The minimum absolute atomic E-state index is 0.0593. The molecule has 1 aromatic rings. The van der Waals surface area contributed by atoms with Gasteiger partial charge in [0.05, 0.1) is 29.8 Å². The number of epoxide rings is 1. The van der Waals surface area contributed by atoms with E-state index < -0.39 is 17.8 Å². The SMILES string of the molecule is CC=C(C)C1C(C=CC=C(C)C(O)C(C)CO)C2CC(OC(=O)Cc3ccccc3)C(C)(O)CC2C2OC21C. The van der Waals surface area contributed by atoms with E-state index in [9.17, 15) is 20.1 Å². The van der Waals surface area contributed by atoms with Crippen LogP contribution in [0.2, 0.25) is 0 Å². The zero-order valence-corrected chi connectivity index (χ0v) is 24.2. The summed E-state index contributed by atoms with van der Waals surface area (Å²) in [5.74, 6) is 0.00738. The molecule has 0 radical (unpaired) electrons. The molecule has 6 nitrogen and oxygen atoms in total. The third kappa shape index (κ3) is 6.09. The highest BCUT2D eigenvalue weighted by atomic mass is 16.6. The zero-order chi connectivity index (χ0) is 28.5. The van der Waals surface area contributed by atoms with Gasteiger partial charge in [0.2, 0.25) is 0 Å². The van der Waals surface area contributed by atoms with Crippen LogP contribution in [0.4, 0.5) is 0 Å². The van der Waals surface area contributed by atoms with E-state index in [1.165, 1.54) is 5.57 Å². The van der Waals surface area contributed by atoms with Crippen LogP contribution in [0.1, 0.15) is 59.9 Å². The van der Waals surface area contributed by atoms with Crippen LogP contribution < -0.4 is 0 Å². The van der Waals surface area contributed by atoms with Crippen LogP contribution in [0.25, 0.3) is 0 Å². The average molecular weight is 539 g/mol. The van der Waals surface area contributed by atoms with E-state index in [1.54, 1.807) is 6.92 Å². The van der Waals surface area contributed by atoms with Gasteiger partial charge in [0, 0.05) is 18.4 Å². The Morgan fingerprint density at radius 1 is 1.21 bits per heavy atom. The van der Waals surface area contributed by atoms with Gasteiger partial charge in [-0.3, -0.25) is 4.79 Å². The second kappa shape index (κ2) is 11.7. The summed E-state index contributed by atoms with van der Waals surface area (Å²) in [6.45, 7) is 11.8. The summed E-state index contributed by atoms with van der Waals surface area (Å²) in [4.78, 5) is 12.9. The summed E-state index contributed by atoms with van der Waals surface area (Å²) < 4.78 is 12.4. The molecule has 2 aliphatic carbocycles. The first-order valence-corrected chi connectivity index (χ1v) is 14.3. The quantitative estimate of drug-likeness (QED) is 0.181. The van der Waals surface area contributed by atoms with Crippen molar-refractivity contribution in [3.05, 3.63) is 71.3 Å². The fourth-order valence-electron chi connectivity index (χ4n) is 7.15. The Balaban J connectivity index is 1.60. The number of esters is 1. The van der Waals surface area contributed by atoms with Crippen molar-refractivity contribution in [3.8, 4) is 0 Å². The van der Waals surface area contributed by atoms with E-state index in [1.807, 2.05) is 56.3 Å². The maximum Gasteiger partial charge on any atom is 0.310 e. The van der Waals surface area contributed by atoms with Crippen molar-refractivity contribution in [3.63, 3.8) is 0 Å². The molecule has 10 unspecified atom stereocenters. The average Bonchev–Trinajstić information content (AvgIpc) is 3.60. The summed E-state index contributed by atoms with van der Waals surface area (Å²) in [5.41, 5.74) is 1.50. The number of aliphatic hydroxyl groups is 3. The Hall–Kier alpha value is -2.25.